The van der Waals surface area contributed by atoms with E-state index in [0.717, 1.165) is 24.2 Å². The summed E-state index contributed by atoms with van der Waals surface area (Å²) in [6, 6.07) is 0. The van der Waals surface area contributed by atoms with Crippen molar-refractivity contribution in [2.45, 2.75) is 40.3 Å². The van der Waals surface area contributed by atoms with Gasteiger partial charge >= 0.3 is 0 Å². The van der Waals surface area contributed by atoms with E-state index >= 15 is 0 Å². The van der Waals surface area contributed by atoms with Gasteiger partial charge in [-0.2, -0.15) is 5.10 Å². The molecule has 0 bridgehead atoms. The third-order valence-corrected chi connectivity index (χ3v) is 2.61. The number of nitrogens with zero attached hydrogens (tertiary/aromatic N) is 2. The fourth-order valence-corrected chi connectivity index (χ4v) is 1.51. The summed E-state index contributed by atoms with van der Waals surface area (Å²) in [5.41, 5.74) is 10.2. The molecule has 0 aliphatic heterocycles. The summed E-state index contributed by atoms with van der Waals surface area (Å²) in [4.78, 5) is 0. The summed E-state index contributed by atoms with van der Waals surface area (Å²) >= 11 is 0. The molecule has 0 aliphatic carbocycles. The molecule has 14 heavy (non-hydrogen) atoms. The van der Waals surface area contributed by atoms with Crippen molar-refractivity contribution >= 4 is 0 Å². The smallest absolute Gasteiger partial charge is 0.0641 e. The molecule has 3 heteroatoms. The van der Waals surface area contributed by atoms with Crippen LogP contribution in [-0.4, -0.2) is 9.78 Å². The molecule has 0 fully saturated rings. The number of rotatable bonds is 4. The molecule has 1 rings (SSSR count). The topological polar surface area (TPSA) is 43.8 Å². The predicted molar refractivity (Wildman–Crippen MR) is 59.0 cm³/mol. The average molecular weight is 193 g/mol. The molecule has 0 aliphatic rings. The second-order valence-electron chi connectivity index (χ2n) is 3.61. The molecular weight excluding hydrogens is 174 g/mol. The number of hydrogen-bond acceptors (Lipinski definition) is 2. The zero-order valence-corrected chi connectivity index (χ0v) is 9.30. The Balaban J connectivity index is 2.93. The molecule has 2 N–H and O–H groups in total. The summed E-state index contributed by atoms with van der Waals surface area (Å²) < 4.78 is 1.99. The first kappa shape index (κ1) is 11.0. The third-order valence-electron chi connectivity index (χ3n) is 2.61. The molecule has 0 radical (unpaired) electrons. The van der Waals surface area contributed by atoms with Crippen molar-refractivity contribution in [3.05, 3.63) is 29.1 Å². The minimum Gasteiger partial charge on any atom is -0.326 e. The molecular formula is C11H19N3. The van der Waals surface area contributed by atoms with Crippen LogP contribution in [0.15, 0.2) is 12.2 Å². The fraction of sp³-hybridized carbons (Fsp3) is 0.545. The Bertz CT molecular complexity index is 337. The Hall–Kier alpha value is -1.09. The fourth-order valence-electron chi connectivity index (χ4n) is 1.51. The molecule has 78 valence electrons. The zero-order chi connectivity index (χ0) is 10.7. The van der Waals surface area contributed by atoms with Gasteiger partial charge in [0.25, 0.3) is 0 Å². The van der Waals surface area contributed by atoms with Gasteiger partial charge in [0.05, 0.1) is 12.2 Å². The van der Waals surface area contributed by atoms with Gasteiger partial charge in [0.15, 0.2) is 0 Å². The van der Waals surface area contributed by atoms with E-state index in [-0.39, 0.29) is 0 Å². The molecule has 3 nitrogen and oxygen atoms in total. The third kappa shape index (κ3) is 2.04. The van der Waals surface area contributed by atoms with Gasteiger partial charge in [-0.3, -0.25) is 4.68 Å². The summed E-state index contributed by atoms with van der Waals surface area (Å²) in [5.74, 6) is 0. The van der Waals surface area contributed by atoms with Gasteiger partial charge in [0.2, 0.25) is 0 Å². The van der Waals surface area contributed by atoms with Gasteiger partial charge in [0, 0.05) is 17.8 Å². The van der Waals surface area contributed by atoms with E-state index in [1.165, 1.54) is 11.3 Å². The van der Waals surface area contributed by atoms with Gasteiger partial charge in [-0.1, -0.05) is 19.1 Å². The van der Waals surface area contributed by atoms with Crippen LogP contribution in [0.25, 0.3) is 0 Å². The highest BCUT2D eigenvalue weighted by Crippen LogP contribution is 2.13. The number of hydrogen-bond donors (Lipinski definition) is 1. The van der Waals surface area contributed by atoms with Crippen LogP contribution in [0, 0.1) is 13.8 Å². The highest BCUT2D eigenvalue weighted by Gasteiger charge is 2.09. The van der Waals surface area contributed by atoms with Crippen LogP contribution in [0.5, 0.6) is 0 Å². The number of allylic oxidation sites excluding steroid dienone is 1. The number of aromatic nitrogens is 2. The normalized spacial score (nSPS) is 10.6. The molecule has 0 spiro atoms. The molecule has 0 saturated carbocycles. The van der Waals surface area contributed by atoms with Crippen molar-refractivity contribution in [3.8, 4) is 0 Å². The highest BCUT2D eigenvalue weighted by atomic mass is 15.3. The van der Waals surface area contributed by atoms with Gasteiger partial charge < -0.3 is 5.73 Å². The van der Waals surface area contributed by atoms with E-state index in [4.69, 9.17) is 5.73 Å². The van der Waals surface area contributed by atoms with E-state index in [1.54, 1.807) is 0 Å². The largest absolute Gasteiger partial charge is 0.326 e. The second-order valence-corrected chi connectivity index (χ2v) is 3.61. The van der Waals surface area contributed by atoms with E-state index in [9.17, 15) is 0 Å². The van der Waals surface area contributed by atoms with Crippen molar-refractivity contribution in [1.29, 1.82) is 0 Å². The molecule has 0 unspecified atom stereocenters. The summed E-state index contributed by atoms with van der Waals surface area (Å²) in [6.45, 7) is 11.5. The first-order chi connectivity index (χ1) is 6.60. The first-order valence-electron chi connectivity index (χ1n) is 4.99. The SMILES string of the molecule is C=C(CC)Cn1nc(C)c(CN)c1C. The van der Waals surface area contributed by atoms with Crippen molar-refractivity contribution in [2.24, 2.45) is 5.73 Å². The lowest BCUT2D eigenvalue weighted by Crippen LogP contribution is -2.05. The van der Waals surface area contributed by atoms with Crippen LogP contribution >= 0.6 is 0 Å². The van der Waals surface area contributed by atoms with E-state index in [2.05, 4.69) is 25.5 Å². The molecule has 1 aromatic heterocycles. The minimum atomic E-state index is 0.566. The maximum absolute atomic E-state index is 5.65. The lowest BCUT2D eigenvalue weighted by molar-refractivity contribution is 0.639. The molecule has 1 heterocycles. The first-order valence-corrected chi connectivity index (χ1v) is 4.99. The number of nitrogens with two attached hydrogens (primary N) is 1. The van der Waals surface area contributed by atoms with Crippen molar-refractivity contribution < 1.29 is 0 Å². The minimum absolute atomic E-state index is 0.566. The van der Waals surface area contributed by atoms with Crippen LogP contribution in [0.2, 0.25) is 0 Å². The van der Waals surface area contributed by atoms with E-state index < -0.39 is 0 Å². The predicted octanol–water partition coefficient (Wildman–Crippen LogP) is 1.92. The molecule has 0 aromatic carbocycles. The van der Waals surface area contributed by atoms with E-state index in [0.29, 0.717) is 6.54 Å². The van der Waals surface area contributed by atoms with Gasteiger partial charge in [-0.25, -0.2) is 0 Å². The lowest BCUT2D eigenvalue weighted by Gasteiger charge is -2.05. The van der Waals surface area contributed by atoms with Gasteiger partial charge in [-0.15, -0.1) is 0 Å². The van der Waals surface area contributed by atoms with Crippen molar-refractivity contribution in [1.82, 2.24) is 9.78 Å². The van der Waals surface area contributed by atoms with Crippen LogP contribution < -0.4 is 5.73 Å². The Morgan fingerprint density at radius 3 is 2.57 bits per heavy atom. The standard InChI is InChI=1S/C11H19N3/c1-5-8(2)7-14-10(4)11(6-12)9(3)13-14/h2,5-7,12H2,1,3-4H3. The maximum atomic E-state index is 5.65. The molecule has 0 amide bonds. The van der Waals surface area contributed by atoms with Crippen molar-refractivity contribution in [2.75, 3.05) is 0 Å². The zero-order valence-electron chi connectivity index (χ0n) is 9.30. The van der Waals surface area contributed by atoms with E-state index in [1.807, 2.05) is 11.6 Å². The summed E-state index contributed by atoms with van der Waals surface area (Å²) in [5, 5.41) is 4.44. The Kier molecular flexibility index (Phi) is 3.47. The van der Waals surface area contributed by atoms with Crippen LogP contribution in [-0.2, 0) is 13.1 Å². The Labute approximate surface area is 85.6 Å². The van der Waals surface area contributed by atoms with Crippen molar-refractivity contribution in [3.63, 3.8) is 0 Å². The molecule has 1 aromatic rings. The summed E-state index contributed by atoms with van der Waals surface area (Å²) in [6.07, 6.45) is 0.996. The lowest BCUT2D eigenvalue weighted by atomic mass is 10.2. The van der Waals surface area contributed by atoms with Crippen LogP contribution in [0.3, 0.4) is 0 Å². The monoisotopic (exact) mass is 193 g/mol. The number of aryl methyl sites for hydroxylation is 1. The van der Waals surface area contributed by atoms with Gasteiger partial charge in [0.1, 0.15) is 0 Å². The van der Waals surface area contributed by atoms with Crippen LogP contribution in [0.1, 0.15) is 30.3 Å². The highest BCUT2D eigenvalue weighted by molar-refractivity contribution is 5.24. The Morgan fingerprint density at radius 1 is 1.50 bits per heavy atom. The summed E-state index contributed by atoms with van der Waals surface area (Å²) in [7, 11) is 0. The quantitative estimate of drug-likeness (QED) is 0.742. The molecule has 0 saturated heterocycles. The molecule has 0 atom stereocenters. The van der Waals surface area contributed by atoms with Crippen LogP contribution in [0.4, 0.5) is 0 Å². The van der Waals surface area contributed by atoms with Gasteiger partial charge in [-0.05, 0) is 20.3 Å². The average Bonchev–Trinajstić information content (AvgIpc) is 2.42. The second kappa shape index (κ2) is 4.42. The maximum Gasteiger partial charge on any atom is 0.0641 e. The Morgan fingerprint density at radius 2 is 2.14 bits per heavy atom.